The molecule has 0 N–H and O–H groups in total. The molecule has 2 heterocycles. The van der Waals surface area contributed by atoms with Crippen molar-refractivity contribution in [2.45, 2.75) is 0 Å². The van der Waals surface area contributed by atoms with E-state index in [2.05, 4.69) is 9.97 Å². The molecule has 2 aromatic heterocycles. The Hall–Kier alpha value is -1.90. The molecule has 0 aliphatic carbocycles. The average molecular weight is 170 g/mol. The van der Waals surface area contributed by atoms with E-state index >= 15 is 0 Å². The van der Waals surface area contributed by atoms with Crippen molar-refractivity contribution in [1.82, 2.24) is 9.97 Å². The van der Waals surface area contributed by atoms with Crippen LogP contribution in [0.4, 0.5) is 0 Å². The second-order valence-electron chi connectivity index (χ2n) is 2.85. The third kappa shape index (κ3) is 0.839. The Morgan fingerprint density at radius 1 is 1.08 bits per heavy atom. The largest absolute Gasteiger partial charge is 0.425 e. The van der Waals surface area contributed by atoms with Crippen molar-refractivity contribution in [2.24, 2.45) is 0 Å². The Bertz CT molecular complexity index is 571. The minimum absolute atomic E-state index is 0.596. The molecule has 3 heteroatoms. The molecule has 0 spiro atoms. The monoisotopic (exact) mass is 170 g/mol. The summed E-state index contributed by atoms with van der Waals surface area (Å²) in [5, 5.41) is 2.17. The van der Waals surface area contributed by atoms with E-state index in [0.717, 1.165) is 16.3 Å². The maximum atomic E-state index is 5.10. The molecule has 0 aliphatic rings. The number of fused-ring (bicyclic) bond motifs is 3. The summed E-state index contributed by atoms with van der Waals surface area (Å²) in [7, 11) is 0. The molecule has 0 radical (unpaired) electrons. The fourth-order valence-corrected chi connectivity index (χ4v) is 1.47. The molecular formula is C10H6N2O. The van der Waals surface area contributed by atoms with Crippen LogP contribution in [0.25, 0.3) is 22.0 Å². The average Bonchev–Trinajstić information content (AvgIpc) is 2.65. The van der Waals surface area contributed by atoms with Gasteiger partial charge in [-0.2, -0.15) is 0 Å². The van der Waals surface area contributed by atoms with Crippen LogP contribution >= 0.6 is 0 Å². The maximum absolute atomic E-state index is 5.10. The molecule has 13 heavy (non-hydrogen) atoms. The Morgan fingerprint density at radius 3 is 3.00 bits per heavy atom. The number of aromatic nitrogens is 2. The fraction of sp³-hybridized carbons (Fsp3) is 0. The predicted molar refractivity (Wildman–Crippen MR) is 49.3 cm³/mol. The molecule has 0 atom stereocenters. The molecular weight excluding hydrogens is 164 g/mol. The van der Waals surface area contributed by atoms with Gasteiger partial charge in [-0.3, -0.25) is 0 Å². The first-order chi connectivity index (χ1) is 6.45. The van der Waals surface area contributed by atoms with Gasteiger partial charge in [-0.1, -0.05) is 24.3 Å². The molecule has 3 nitrogen and oxygen atoms in total. The third-order valence-electron chi connectivity index (χ3n) is 2.09. The number of benzene rings is 1. The molecule has 0 amide bonds. The van der Waals surface area contributed by atoms with Gasteiger partial charge in [-0.05, 0) is 0 Å². The standard InChI is InChI=1S/C10H6N2O/c1-2-4-8-7(3-1)5-11-10-9(8)12-6-13-10/h1-6H. The number of hydrogen-bond donors (Lipinski definition) is 0. The highest BCUT2D eigenvalue weighted by Gasteiger charge is 2.03. The zero-order chi connectivity index (χ0) is 8.67. The van der Waals surface area contributed by atoms with Gasteiger partial charge in [0.05, 0.1) is 0 Å². The van der Waals surface area contributed by atoms with Gasteiger partial charge >= 0.3 is 0 Å². The highest BCUT2D eigenvalue weighted by molar-refractivity contribution is 6.00. The van der Waals surface area contributed by atoms with Crippen LogP contribution in [0.5, 0.6) is 0 Å². The summed E-state index contributed by atoms with van der Waals surface area (Å²) >= 11 is 0. The summed E-state index contributed by atoms with van der Waals surface area (Å²) in [5.74, 6) is 0. The number of nitrogens with zero attached hydrogens (tertiary/aromatic N) is 2. The molecule has 3 aromatic rings. The molecule has 62 valence electrons. The van der Waals surface area contributed by atoms with Crippen LogP contribution < -0.4 is 0 Å². The lowest BCUT2D eigenvalue weighted by atomic mass is 10.2. The zero-order valence-corrected chi connectivity index (χ0v) is 6.77. The fourth-order valence-electron chi connectivity index (χ4n) is 1.47. The van der Waals surface area contributed by atoms with Gasteiger partial charge in [-0.25, -0.2) is 9.97 Å². The first-order valence-corrected chi connectivity index (χ1v) is 4.02. The van der Waals surface area contributed by atoms with Gasteiger partial charge in [0.1, 0.15) is 5.52 Å². The summed E-state index contributed by atoms with van der Waals surface area (Å²) in [4.78, 5) is 8.26. The molecule has 0 saturated heterocycles. The second-order valence-corrected chi connectivity index (χ2v) is 2.85. The lowest BCUT2D eigenvalue weighted by Gasteiger charge is -1.94. The summed E-state index contributed by atoms with van der Waals surface area (Å²) in [6.45, 7) is 0. The van der Waals surface area contributed by atoms with Crippen molar-refractivity contribution in [3.05, 3.63) is 36.9 Å². The van der Waals surface area contributed by atoms with Crippen LogP contribution in [0.1, 0.15) is 0 Å². The Balaban J connectivity index is 2.65. The Morgan fingerprint density at radius 2 is 2.00 bits per heavy atom. The maximum Gasteiger partial charge on any atom is 0.247 e. The van der Waals surface area contributed by atoms with Crippen LogP contribution in [-0.2, 0) is 0 Å². The lowest BCUT2D eigenvalue weighted by Crippen LogP contribution is -1.77. The predicted octanol–water partition coefficient (Wildman–Crippen LogP) is 2.38. The summed E-state index contributed by atoms with van der Waals surface area (Å²) < 4.78 is 5.10. The molecule has 0 aliphatic heterocycles. The van der Waals surface area contributed by atoms with E-state index in [1.165, 1.54) is 6.39 Å². The van der Waals surface area contributed by atoms with E-state index in [0.29, 0.717) is 5.71 Å². The van der Waals surface area contributed by atoms with Gasteiger partial charge in [0.15, 0.2) is 6.39 Å². The van der Waals surface area contributed by atoms with Crippen molar-refractivity contribution in [3.63, 3.8) is 0 Å². The number of rotatable bonds is 0. The van der Waals surface area contributed by atoms with Crippen molar-refractivity contribution in [2.75, 3.05) is 0 Å². The van der Waals surface area contributed by atoms with E-state index in [-0.39, 0.29) is 0 Å². The van der Waals surface area contributed by atoms with E-state index in [4.69, 9.17) is 4.42 Å². The summed E-state index contributed by atoms with van der Waals surface area (Å²) in [5.41, 5.74) is 1.43. The highest BCUT2D eigenvalue weighted by atomic mass is 16.3. The van der Waals surface area contributed by atoms with Gasteiger partial charge in [0.2, 0.25) is 5.71 Å². The Labute approximate surface area is 74.0 Å². The second kappa shape index (κ2) is 2.29. The normalized spacial score (nSPS) is 11.1. The van der Waals surface area contributed by atoms with Crippen molar-refractivity contribution in [1.29, 1.82) is 0 Å². The van der Waals surface area contributed by atoms with Crippen LogP contribution in [-0.4, -0.2) is 9.97 Å². The quantitative estimate of drug-likeness (QED) is 0.520. The molecule has 1 aromatic carbocycles. The van der Waals surface area contributed by atoms with Crippen LogP contribution in [0.3, 0.4) is 0 Å². The third-order valence-corrected chi connectivity index (χ3v) is 2.09. The molecule has 3 rings (SSSR count). The molecule has 0 saturated carbocycles. The van der Waals surface area contributed by atoms with Gasteiger partial charge in [0, 0.05) is 17.0 Å². The van der Waals surface area contributed by atoms with Crippen LogP contribution in [0.15, 0.2) is 41.3 Å². The minimum Gasteiger partial charge on any atom is -0.425 e. The van der Waals surface area contributed by atoms with E-state index in [1.807, 2.05) is 24.3 Å². The minimum atomic E-state index is 0.596. The van der Waals surface area contributed by atoms with Crippen molar-refractivity contribution < 1.29 is 4.42 Å². The summed E-state index contributed by atoms with van der Waals surface area (Å²) in [6, 6.07) is 7.99. The molecule has 0 fully saturated rings. The topological polar surface area (TPSA) is 38.9 Å². The Kier molecular flexibility index (Phi) is 1.16. The first kappa shape index (κ1) is 6.60. The highest BCUT2D eigenvalue weighted by Crippen LogP contribution is 2.20. The van der Waals surface area contributed by atoms with E-state index < -0.39 is 0 Å². The van der Waals surface area contributed by atoms with E-state index in [1.54, 1.807) is 6.20 Å². The zero-order valence-electron chi connectivity index (χ0n) is 6.77. The summed E-state index contributed by atoms with van der Waals surface area (Å²) in [6.07, 6.45) is 3.22. The lowest BCUT2D eigenvalue weighted by molar-refractivity contribution is 0.591. The molecule has 0 unspecified atom stereocenters. The van der Waals surface area contributed by atoms with E-state index in [9.17, 15) is 0 Å². The number of hydrogen-bond acceptors (Lipinski definition) is 3. The number of pyridine rings is 1. The van der Waals surface area contributed by atoms with Crippen LogP contribution in [0, 0.1) is 0 Å². The van der Waals surface area contributed by atoms with Crippen LogP contribution in [0.2, 0.25) is 0 Å². The van der Waals surface area contributed by atoms with Gasteiger partial charge in [0.25, 0.3) is 0 Å². The SMILES string of the molecule is c1ccc2c(c1)cnc1ocnc12. The van der Waals surface area contributed by atoms with Gasteiger partial charge < -0.3 is 4.42 Å². The molecule has 0 bridgehead atoms. The number of oxazole rings is 1. The first-order valence-electron chi connectivity index (χ1n) is 4.02. The smallest absolute Gasteiger partial charge is 0.247 e. The van der Waals surface area contributed by atoms with Crippen molar-refractivity contribution in [3.8, 4) is 0 Å². The van der Waals surface area contributed by atoms with Gasteiger partial charge in [-0.15, -0.1) is 0 Å². The van der Waals surface area contributed by atoms with Crippen molar-refractivity contribution >= 4 is 22.0 Å².